The van der Waals surface area contributed by atoms with Crippen molar-refractivity contribution in [1.82, 2.24) is 5.32 Å². The Balaban J connectivity index is 2.37. The molecule has 0 spiro atoms. The van der Waals surface area contributed by atoms with E-state index in [1.165, 1.54) is 16.7 Å². The number of hydrogen-bond acceptors (Lipinski definition) is 2. The van der Waals surface area contributed by atoms with Gasteiger partial charge in [0.1, 0.15) is 0 Å². The van der Waals surface area contributed by atoms with Crippen LogP contribution < -0.4 is 11.1 Å². The van der Waals surface area contributed by atoms with Crippen LogP contribution in [0.4, 0.5) is 0 Å². The molecule has 0 aromatic heterocycles. The Morgan fingerprint density at radius 3 is 2.78 bits per heavy atom. The fourth-order valence-corrected chi connectivity index (χ4v) is 1.88. The second kappa shape index (κ2) is 7.17. The summed E-state index contributed by atoms with van der Waals surface area (Å²) in [6.07, 6.45) is 1.40. The lowest BCUT2D eigenvalue weighted by molar-refractivity contribution is -0.121. The summed E-state index contributed by atoms with van der Waals surface area (Å²) in [6.45, 7) is 7.44. The topological polar surface area (TPSA) is 55.1 Å². The van der Waals surface area contributed by atoms with Crippen LogP contribution in [-0.2, 0) is 11.2 Å². The first-order valence-electron chi connectivity index (χ1n) is 6.55. The lowest BCUT2D eigenvalue weighted by atomic mass is 10.0. The van der Waals surface area contributed by atoms with E-state index in [1.807, 2.05) is 6.92 Å². The van der Waals surface area contributed by atoms with E-state index in [0.29, 0.717) is 19.5 Å². The SMILES string of the molecule is Cc1ccc(C)c(CCNC(=O)CC(C)CN)c1. The first-order chi connectivity index (χ1) is 8.52. The van der Waals surface area contributed by atoms with Crippen molar-refractivity contribution in [3.8, 4) is 0 Å². The Morgan fingerprint density at radius 1 is 1.39 bits per heavy atom. The van der Waals surface area contributed by atoms with Gasteiger partial charge in [0.05, 0.1) is 0 Å². The normalized spacial score (nSPS) is 12.2. The number of carbonyl (C=O) groups is 1. The molecule has 0 aliphatic rings. The number of amides is 1. The summed E-state index contributed by atoms with van der Waals surface area (Å²) < 4.78 is 0. The smallest absolute Gasteiger partial charge is 0.220 e. The Morgan fingerprint density at radius 2 is 2.11 bits per heavy atom. The largest absolute Gasteiger partial charge is 0.356 e. The van der Waals surface area contributed by atoms with Crippen LogP contribution in [0.5, 0.6) is 0 Å². The Bertz CT molecular complexity index is 401. The first-order valence-corrected chi connectivity index (χ1v) is 6.55. The molecule has 0 radical (unpaired) electrons. The molecule has 1 rings (SSSR count). The molecule has 18 heavy (non-hydrogen) atoms. The Hall–Kier alpha value is -1.35. The first kappa shape index (κ1) is 14.7. The number of nitrogens with two attached hydrogens (primary N) is 1. The fraction of sp³-hybridized carbons (Fsp3) is 0.533. The molecule has 0 heterocycles. The molecule has 1 aromatic rings. The molecule has 1 unspecified atom stereocenters. The van der Waals surface area contributed by atoms with E-state index in [4.69, 9.17) is 5.73 Å². The Labute approximate surface area is 110 Å². The highest BCUT2D eigenvalue weighted by Gasteiger charge is 2.07. The number of rotatable bonds is 6. The van der Waals surface area contributed by atoms with E-state index in [0.717, 1.165) is 6.42 Å². The van der Waals surface area contributed by atoms with Crippen LogP contribution in [0.25, 0.3) is 0 Å². The molecule has 3 nitrogen and oxygen atoms in total. The van der Waals surface area contributed by atoms with Crippen molar-refractivity contribution in [2.75, 3.05) is 13.1 Å². The van der Waals surface area contributed by atoms with Crippen LogP contribution in [0.1, 0.15) is 30.0 Å². The highest BCUT2D eigenvalue weighted by molar-refractivity contribution is 5.76. The zero-order valence-electron chi connectivity index (χ0n) is 11.6. The molecular formula is C15H24N2O. The summed E-state index contributed by atoms with van der Waals surface area (Å²) in [5.41, 5.74) is 9.35. The molecule has 0 fully saturated rings. The van der Waals surface area contributed by atoms with Crippen molar-refractivity contribution in [3.63, 3.8) is 0 Å². The Kier molecular flexibility index (Phi) is 5.86. The van der Waals surface area contributed by atoms with Crippen LogP contribution in [0.15, 0.2) is 18.2 Å². The van der Waals surface area contributed by atoms with Gasteiger partial charge in [-0.25, -0.2) is 0 Å². The van der Waals surface area contributed by atoms with Crippen molar-refractivity contribution in [1.29, 1.82) is 0 Å². The van der Waals surface area contributed by atoms with Crippen molar-refractivity contribution >= 4 is 5.91 Å². The van der Waals surface area contributed by atoms with Gasteiger partial charge in [0.25, 0.3) is 0 Å². The number of nitrogens with one attached hydrogen (secondary N) is 1. The average Bonchev–Trinajstić information content (AvgIpc) is 2.33. The maximum atomic E-state index is 11.6. The number of hydrogen-bond donors (Lipinski definition) is 2. The van der Waals surface area contributed by atoms with Gasteiger partial charge in [-0.1, -0.05) is 30.7 Å². The van der Waals surface area contributed by atoms with Crippen molar-refractivity contribution < 1.29 is 4.79 Å². The molecule has 0 bridgehead atoms. The summed E-state index contributed by atoms with van der Waals surface area (Å²) in [5.74, 6) is 0.351. The van der Waals surface area contributed by atoms with Gasteiger partial charge in [-0.3, -0.25) is 4.79 Å². The maximum Gasteiger partial charge on any atom is 0.220 e. The second-order valence-corrected chi connectivity index (χ2v) is 5.07. The maximum absolute atomic E-state index is 11.6. The van der Waals surface area contributed by atoms with E-state index >= 15 is 0 Å². The highest BCUT2D eigenvalue weighted by atomic mass is 16.1. The van der Waals surface area contributed by atoms with E-state index in [1.54, 1.807) is 0 Å². The van der Waals surface area contributed by atoms with Crippen LogP contribution in [-0.4, -0.2) is 19.0 Å². The summed E-state index contributed by atoms with van der Waals surface area (Å²) in [6, 6.07) is 6.42. The summed E-state index contributed by atoms with van der Waals surface area (Å²) in [7, 11) is 0. The monoisotopic (exact) mass is 248 g/mol. The number of aryl methyl sites for hydroxylation is 2. The standard InChI is InChI=1S/C15H24N2O/c1-11-4-5-13(3)14(8-11)6-7-17-15(18)9-12(2)10-16/h4-5,8,12H,6-7,9-10,16H2,1-3H3,(H,17,18). The second-order valence-electron chi connectivity index (χ2n) is 5.07. The minimum absolute atomic E-state index is 0.0956. The van der Waals surface area contributed by atoms with Crippen molar-refractivity contribution in [2.24, 2.45) is 11.7 Å². The van der Waals surface area contributed by atoms with Crippen LogP contribution in [0.3, 0.4) is 0 Å². The molecule has 3 N–H and O–H groups in total. The lowest BCUT2D eigenvalue weighted by Crippen LogP contribution is -2.28. The highest BCUT2D eigenvalue weighted by Crippen LogP contribution is 2.10. The minimum Gasteiger partial charge on any atom is -0.356 e. The average molecular weight is 248 g/mol. The summed E-state index contributed by atoms with van der Waals surface area (Å²) in [4.78, 5) is 11.6. The summed E-state index contributed by atoms with van der Waals surface area (Å²) >= 11 is 0. The van der Waals surface area contributed by atoms with E-state index in [9.17, 15) is 4.79 Å². The van der Waals surface area contributed by atoms with Gasteiger partial charge in [-0.2, -0.15) is 0 Å². The predicted octanol–water partition coefficient (Wildman–Crippen LogP) is 1.95. The van der Waals surface area contributed by atoms with Gasteiger partial charge in [-0.05, 0) is 43.9 Å². The van der Waals surface area contributed by atoms with Gasteiger partial charge < -0.3 is 11.1 Å². The number of carbonyl (C=O) groups excluding carboxylic acids is 1. The van der Waals surface area contributed by atoms with E-state index < -0.39 is 0 Å². The van der Waals surface area contributed by atoms with Crippen LogP contribution >= 0.6 is 0 Å². The quantitative estimate of drug-likeness (QED) is 0.808. The summed E-state index contributed by atoms with van der Waals surface area (Å²) in [5, 5.41) is 2.95. The zero-order valence-corrected chi connectivity index (χ0v) is 11.6. The van der Waals surface area contributed by atoms with Crippen LogP contribution in [0, 0.1) is 19.8 Å². The third-order valence-electron chi connectivity index (χ3n) is 3.16. The molecule has 0 saturated carbocycles. The molecule has 100 valence electrons. The fourth-order valence-electron chi connectivity index (χ4n) is 1.88. The molecule has 0 saturated heterocycles. The van der Waals surface area contributed by atoms with Crippen molar-refractivity contribution in [3.05, 3.63) is 34.9 Å². The van der Waals surface area contributed by atoms with E-state index in [2.05, 4.69) is 37.4 Å². The molecule has 0 aliphatic heterocycles. The molecular weight excluding hydrogens is 224 g/mol. The number of benzene rings is 1. The molecule has 3 heteroatoms. The third-order valence-corrected chi connectivity index (χ3v) is 3.16. The van der Waals surface area contributed by atoms with Crippen molar-refractivity contribution in [2.45, 2.75) is 33.6 Å². The van der Waals surface area contributed by atoms with Crippen LogP contribution in [0.2, 0.25) is 0 Å². The van der Waals surface area contributed by atoms with Gasteiger partial charge >= 0.3 is 0 Å². The third kappa shape index (κ3) is 4.88. The van der Waals surface area contributed by atoms with Gasteiger partial charge in [0, 0.05) is 13.0 Å². The molecule has 1 atom stereocenters. The van der Waals surface area contributed by atoms with Gasteiger partial charge in [0.2, 0.25) is 5.91 Å². The zero-order chi connectivity index (χ0) is 13.5. The molecule has 0 aliphatic carbocycles. The molecule has 1 amide bonds. The lowest BCUT2D eigenvalue weighted by Gasteiger charge is -2.10. The van der Waals surface area contributed by atoms with Gasteiger partial charge in [0.15, 0.2) is 0 Å². The minimum atomic E-state index is 0.0956. The molecule has 1 aromatic carbocycles. The van der Waals surface area contributed by atoms with E-state index in [-0.39, 0.29) is 11.8 Å². The van der Waals surface area contributed by atoms with Gasteiger partial charge in [-0.15, -0.1) is 0 Å². The predicted molar refractivity (Wildman–Crippen MR) is 75.5 cm³/mol.